The molecule has 0 atom stereocenters. The van der Waals surface area contributed by atoms with E-state index in [0.717, 1.165) is 4.90 Å². The number of esters is 2. The zero-order valence-electron chi connectivity index (χ0n) is 18.1. The lowest BCUT2D eigenvalue weighted by Crippen LogP contribution is -2.32. The number of halogens is 2. The smallest absolute Gasteiger partial charge is 0.343 e. The van der Waals surface area contributed by atoms with Gasteiger partial charge in [-0.25, -0.2) is 18.9 Å². The number of amides is 2. The number of hydrogen-bond acceptors (Lipinski definition) is 7. The Kier molecular flexibility index (Phi) is 6.61. The van der Waals surface area contributed by atoms with Crippen molar-refractivity contribution >= 4 is 46.7 Å². The molecule has 35 heavy (non-hydrogen) atoms. The Morgan fingerprint density at radius 1 is 0.829 bits per heavy atom. The summed E-state index contributed by atoms with van der Waals surface area (Å²) in [5, 5.41) is 2.49. The average molecular weight is 495 g/mol. The molecular weight excluding hydrogens is 479 g/mol. The van der Waals surface area contributed by atoms with E-state index in [1.807, 2.05) is 0 Å². The minimum atomic E-state index is -0.732. The predicted octanol–water partition coefficient (Wildman–Crippen LogP) is 4.27. The molecule has 0 aromatic heterocycles. The van der Waals surface area contributed by atoms with E-state index in [4.69, 9.17) is 16.3 Å². The van der Waals surface area contributed by atoms with Crippen LogP contribution in [0.4, 0.5) is 15.8 Å². The number of nitrogens with zero attached hydrogens (tertiary/aromatic N) is 1. The Morgan fingerprint density at radius 3 is 2.00 bits per heavy atom. The van der Waals surface area contributed by atoms with Crippen LogP contribution in [0.5, 0.6) is 5.75 Å². The van der Waals surface area contributed by atoms with Gasteiger partial charge in [0.1, 0.15) is 22.3 Å². The first kappa shape index (κ1) is 23.7. The molecule has 0 bridgehead atoms. The van der Waals surface area contributed by atoms with Crippen molar-refractivity contribution in [1.82, 2.24) is 0 Å². The van der Waals surface area contributed by atoms with E-state index in [9.17, 15) is 23.6 Å². The Hall–Kier alpha value is -4.50. The van der Waals surface area contributed by atoms with Gasteiger partial charge >= 0.3 is 11.9 Å². The molecule has 10 heteroatoms. The van der Waals surface area contributed by atoms with Crippen LogP contribution in [0.15, 0.2) is 83.5 Å². The minimum absolute atomic E-state index is 0.143. The molecule has 2 amide bonds. The molecule has 1 aliphatic heterocycles. The topological polar surface area (TPSA) is 102 Å². The second kappa shape index (κ2) is 9.78. The number of carbonyl (C=O) groups is 4. The number of hydrogen-bond donors (Lipinski definition) is 1. The fraction of sp³-hybridized carbons (Fsp3) is 0.0400. The number of methoxy groups -OCH3 is 1. The molecule has 3 aromatic carbocycles. The van der Waals surface area contributed by atoms with Gasteiger partial charge in [-0.2, -0.15) is 0 Å². The molecule has 0 saturated heterocycles. The van der Waals surface area contributed by atoms with Gasteiger partial charge in [0.25, 0.3) is 11.8 Å². The van der Waals surface area contributed by atoms with Crippen molar-refractivity contribution in [2.45, 2.75) is 0 Å². The van der Waals surface area contributed by atoms with Gasteiger partial charge in [0.05, 0.1) is 23.9 Å². The largest absolute Gasteiger partial charge is 0.465 e. The lowest BCUT2D eigenvalue weighted by molar-refractivity contribution is -0.120. The van der Waals surface area contributed by atoms with Crippen LogP contribution in [-0.4, -0.2) is 30.9 Å². The van der Waals surface area contributed by atoms with Crippen LogP contribution in [0.3, 0.4) is 0 Å². The summed E-state index contributed by atoms with van der Waals surface area (Å²) < 4.78 is 22.8. The van der Waals surface area contributed by atoms with Gasteiger partial charge in [-0.15, -0.1) is 0 Å². The van der Waals surface area contributed by atoms with Gasteiger partial charge in [-0.05, 0) is 72.8 Å². The summed E-state index contributed by atoms with van der Waals surface area (Å²) in [5.74, 6) is -2.90. The van der Waals surface area contributed by atoms with E-state index in [-0.39, 0.29) is 33.3 Å². The van der Waals surface area contributed by atoms with Crippen LogP contribution in [0, 0.1) is 5.82 Å². The van der Waals surface area contributed by atoms with Gasteiger partial charge in [-0.3, -0.25) is 9.59 Å². The SMILES string of the molecule is COC(=O)c1ccc(N2C(=O)C(Cl)=C(Nc3ccc(C(=O)Oc4ccc(F)cc4)cc3)C2=O)cc1. The summed E-state index contributed by atoms with van der Waals surface area (Å²) in [6.45, 7) is 0. The summed E-state index contributed by atoms with van der Waals surface area (Å²) in [4.78, 5) is 50.3. The molecule has 0 radical (unpaired) electrons. The molecule has 0 aliphatic carbocycles. The third-order valence-corrected chi connectivity index (χ3v) is 5.34. The van der Waals surface area contributed by atoms with Crippen molar-refractivity contribution in [2.75, 3.05) is 17.3 Å². The fourth-order valence-electron chi connectivity index (χ4n) is 3.21. The lowest BCUT2D eigenvalue weighted by Gasteiger charge is -2.15. The van der Waals surface area contributed by atoms with Crippen molar-refractivity contribution in [1.29, 1.82) is 0 Å². The Bertz CT molecular complexity index is 1350. The molecule has 0 spiro atoms. The quantitative estimate of drug-likeness (QED) is 0.310. The Labute approximate surface area is 203 Å². The highest BCUT2D eigenvalue weighted by Crippen LogP contribution is 2.30. The van der Waals surface area contributed by atoms with Crippen LogP contribution in [-0.2, 0) is 14.3 Å². The highest BCUT2D eigenvalue weighted by molar-refractivity contribution is 6.53. The molecule has 0 saturated carbocycles. The van der Waals surface area contributed by atoms with E-state index in [0.29, 0.717) is 5.69 Å². The van der Waals surface area contributed by atoms with Crippen LogP contribution in [0.25, 0.3) is 0 Å². The van der Waals surface area contributed by atoms with Gasteiger partial charge in [0.2, 0.25) is 0 Å². The Balaban J connectivity index is 1.46. The summed E-state index contributed by atoms with van der Waals surface area (Å²) in [5.41, 5.74) is 0.934. The molecule has 0 unspecified atom stereocenters. The number of carbonyl (C=O) groups excluding carboxylic acids is 4. The molecule has 4 rings (SSSR count). The zero-order valence-corrected chi connectivity index (χ0v) is 18.8. The lowest BCUT2D eigenvalue weighted by atomic mass is 10.2. The van der Waals surface area contributed by atoms with Gasteiger partial charge in [-0.1, -0.05) is 11.6 Å². The normalized spacial score (nSPS) is 13.2. The highest BCUT2D eigenvalue weighted by atomic mass is 35.5. The third-order valence-electron chi connectivity index (χ3n) is 4.99. The van der Waals surface area contributed by atoms with Crippen molar-refractivity contribution in [3.63, 3.8) is 0 Å². The number of imide groups is 1. The molecule has 1 aliphatic rings. The zero-order chi connectivity index (χ0) is 25.1. The van der Waals surface area contributed by atoms with E-state index in [1.54, 1.807) is 0 Å². The maximum atomic E-state index is 13.0. The first-order valence-corrected chi connectivity index (χ1v) is 10.5. The van der Waals surface area contributed by atoms with Crippen molar-refractivity contribution in [3.05, 3.63) is 100 Å². The van der Waals surface area contributed by atoms with Crippen LogP contribution < -0.4 is 15.0 Å². The minimum Gasteiger partial charge on any atom is -0.465 e. The van der Waals surface area contributed by atoms with E-state index >= 15 is 0 Å². The molecule has 1 N–H and O–H groups in total. The molecule has 8 nitrogen and oxygen atoms in total. The average Bonchev–Trinajstić information content (AvgIpc) is 3.08. The van der Waals surface area contributed by atoms with Gasteiger partial charge in [0, 0.05) is 5.69 Å². The number of nitrogens with one attached hydrogen (secondary N) is 1. The predicted molar refractivity (Wildman–Crippen MR) is 125 cm³/mol. The monoisotopic (exact) mass is 494 g/mol. The van der Waals surface area contributed by atoms with E-state index < -0.39 is 29.6 Å². The van der Waals surface area contributed by atoms with Crippen molar-refractivity contribution in [3.8, 4) is 5.75 Å². The number of ether oxygens (including phenoxy) is 2. The summed E-state index contributed by atoms with van der Waals surface area (Å²) in [6.07, 6.45) is 0. The first-order chi connectivity index (χ1) is 16.8. The van der Waals surface area contributed by atoms with E-state index in [2.05, 4.69) is 10.1 Å². The first-order valence-electron chi connectivity index (χ1n) is 10.1. The molecular formula is C25H16ClFN2O6. The fourth-order valence-corrected chi connectivity index (χ4v) is 3.43. The molecule has 3 aromatic rings. The van der Waals surface area contributed by atoms with Crippen LogP contribution in [0.2, 0.25) is 0 Å². The summed E-state index contributed by atoms with van der Waals surface area (Å²) in [6, 6.07) is 16.6. The molecule has 0 fully saturated rings. The maximum absolute atomic E-state index is 13.0. The van der Waals surface area contributed by atoms with Crippen molar-refractivity contribution in [2.24, 2.45) is 0 Å². The van der Waals surface area contributed by atoms with E-state index in [1.165, 1.54) is 79.9 Å². The van der Waals surface area contributed by atoms with Gasteiger partial charge in [0.15, 0.2) is 0 Å². The molecule has 1 heterocycles. The second-order valence-electron chi connectivity index (χ2n) is 7.22. The molecule has 176 valence electrons. The van der Waals surface area contributed by atoms with Gasteiger partial charge < -0.3 is 14.8 Å². The summed E-state index contributed by atoms with van der Waals surface area (Å²) >= 11 is 6.14. The number of rotatable bonds is 6. The van der Waals surface area contributed by atoms with Crippen LogP contribution in [0.1, 0.15) is 20.7 Å². The number of anilines is 2. The second-order valence-corrected chi connectivity index (χ2v) is 7.60. The third kappa shape index (κ3) is 4.90. The standard InChI is InChI=1S/C25H16ClFN2O6/c1-34-24(32)14-4-10-18(11-5-14)29-22(30)20(26)21(23(29)31)28-17-8-2-15(3-9-17)25(33)35-19-12-6-16(27)7-13-19/h2-13,28H,1H3. The maximum Gasteiger partial charge on any atom is 0.343 e. The Morgan fingerprint density at radius 2 is 1.40 bits per heavy atom. The summed E-state index contributed by atoms with van der Waals surface area (Å²) in [7, 11) is 1.24. The number of benzene rings is 3. The van der Waals surface area contributed by atoms with Crippen LogP contribution >= 0.6 is 11.6 Å². The highest BCUT2D eigenvalue weighted by Gasteiger charge is 2.39. The van der Waals surface area contributed by atoms with Crippen molar-refractivity contribution < 1.29 is 33.0 Å².